The fourth-order valence-corrected chi connectivity index (χ4v) is 9.14. The molecule has 1 saturated carbocycles. The molecule has 396 valence electrons. The molecule has 0 spiro atoms. The highest BCUT2D eigenvalue weighted by molar-refractivity contribution is 7.47. The molecule has 68 heavy (non-hydrogen) atoms. The van der Waals surface area contributed by atoms with Crippen LogP contribution < -0.4 is 0 Å². The van der Waals surface area contributed by atoms with Crippen molar-refractivity contribution in [2.75, 3.05) is 13.2 Å². The predicted octanol–water partition coefficient (Wildman–Crippen LogP) is 11.9. The average Bonchev–Trinajstić information content (AvgIpc) is 3.32. The zero-order valence-electron chi connectivity index (χ0n) is 42.4. The highest BCUT2D eigenvalue weighted by Crippen LogP contribution is 2.47. The van der Waals surface area contributed by atoms with Gasteiger partial charge in [-0.3, -0.25) is 18.6 Å². The molecule has 6 N–H and O–H groups in total. The van der Waals surface area contributed by atoms with E-state index in [1.807, 2.05) is 0 Å². The number of unbranched alkanes of at least 4 members (excludes halogenated alkanes) is 25. The minimum absolute atomic E-state index is 0.0920. The average molecular weight is 985 g/mol. The van der Waals surface area contributed by atoms with Crippen LogP contribution in [0.15, 0.2) is 48.6 Å². The Morgan fingerprint density at radius 2 is 0.838 bits per heavy atom. The van der Waals surface area contributed by atoms with Crippen molar-refractivity contribution in [3.8, 4) is 0 Å². The second kappa shape index (κ2) is 43.6. The lowest BCUT2D eigenvalue weighted by molar-refractivity contribution is -0.220. The molecule has 6 unspecified atom stereocenters. The number of carbonyl (C=O) groups is 2. The van der Waals surface area contributed by atoms with Crippen LogP contribution in [0, 0.1) is 0 Å². The fraction of sp³-hybridized carbons (Fsp3) is 0.815. The molecule has 6 atom stereocenters. The number of ether oxygens (including phenoxy) is 2. The summed E-state index contributed by atoms with van der Waals surface area (Å²) in [6.07, 6.45) is 40.1. The van der Waals surface area contributed by atoms with Gasteiger partial charge >= 0.3 is 19.8 Å². The van der Waals surface area contributed by atoms with E-state index in [0.29, 0.717) is 12.8 Å². The highest BCUT2D eigenvalue weighted by atomic mass is 31.2. The normalized spacial score (nSPS) is 21.4. The van der Waals surface area contributed by atoms with E-state index in [1.165, 1.54) is 109 Å². The largest absolute Gasteiger partial charge is 0.472 e. The molecule has 0 radical (unpaired) electrons. The van der Waals surface area contributed by atoms with E-state index >= 15 is 0 Å². The van der Waals surface area contributed by atoms with E-state index in [0.717, 1.165) is 77.0 Å². The van der Waals surface area contributed by atoms with E-state index in [2.05, 4.69) is 62.5 Å². The molecule has 1 rings (SSSR count). The van der Waals surface area contributed by atoms with Gasteiger partial charge in [0.1, 0.15) is 43.2 Å². The number of phosphoric ester groups is 1. The van der Waals surface area contributed by atoms with Gasteiger partial charge in [-0.05, 0) is 51.4 Å². The summed E-state index contributed by atoms with van der Waals surface area (Å²) in [5.74, 6) is -1.10. The number of esters is 2. The van der Waals surface area contributed by atoms with Crippen molar-refractivity contribution in [1.82, 2.24) is 0 Å². The summed E-state index contributed by atoms with van der Waals surface area (Å²) in [6.45, 7) is 3.22. The van der Waals surface area contributed by atoms with Crippen LogP contribution >= 0.6 is 7.82 Å². The van der Waals surface area contributed by atoms with Crippen LogP contribution in [0.25, 0.3) is 0 Å². The monoisotopic (exact) mass is 985 g/mol. The van der Waals surface area contributed by atoms with Crippen LogP contribution in [0.1, 0.15) is 226 Å². The quantitative estimate of drug-likeness (QED) is 0.0145. The van der Waals surface area contributed by atoms with Gasteiger partial charge in [0.05, 0.1) is 6.61 Å². The minimum Gasteiger partial charge on any atom is -0.462 e. The Labute approximate surface area is 411 Å². The molecule has 13 nitrogen and oxygen atoms in total. The Kier molecular flexibility index (Phi) is 40.9. The summed E-state index contributed by atoms with van der Waals surface area (Å²) in [4.78, 5) is 35.9. The van der Waals surface area contributed by atoms with Crippen LogP contribution in [0.5, 0.6) is 0 Å². The summed E-state index contributed by atoms with van der Waals surface area (Å²) >= 11 is 0. The lowest BCUT2D eigenvalue weighted by Gasteiger charge is -2.41. The topological polar surface area (TPSA) is 210 Å². The lowest BCUT2D eigenvalue weighted by atomic mass is 9.85. The number of hydrogen-bond donors (Lipinski definition) is 6. The molecule has 0 amide bonds. The number of carbonyl (C=O) groups excluding carboxylic acids is 2. The molecule has 0 aromatic heterocycles. The molecule has 0 bridgehead atoms. The highest BCUT2D eigenvalue weighted by Gasteiger charge is 2.51. The second-order valence-electron chi connectivity index (χ2n) is 18.7. The number of allylic oxidation sites excluding steroid dienone is 8. The summed E-state index contributed by atoms with van der Waals surface area (Å²) < 4.78 is 33.7. The Morgan fingerprint density at radius 1 is 0.471 bits per heavy atom. The summed E-state index contributed by atoms with van der Waals surface area (Å²) in [5, 5.41) is 50.3. The first kappa shape index (κ1) is 63.8. The fourth-order valence-electron chi connectivity index (χ4n) is 8.16. The molecule has 0 aliphatic heterocycles. The zero-order chi connectivity index (χ0) is 49.9. The van der Waals surface area contributed by atoms with Crippen molar-refractivity contribution < 1.29 is 63.1 Å². The van der Waals surface area contributed by atoms with E-state index in [4.69, 9.17) is 18.5 Å². The van der Waals surface area contributed by atoms with Crippen LogP contribution in [-0.4, -0.2) is 98.3 Å². The smallest absolute Gasteiger partial charge is 0.462 e. The number of aliphatic hydroxyl groups excluding tert-OH is 5. The molecular formula is C54H97O13P. The number of phosphoric acid groups is 1. The SMILES string of the molecule is CC/C=C\C/C=C\C/C=C\C/C=C\CCCCCCCCCCCCC(=O)OC(COC(=O)CCCCCCCCCCCCCCCCCC)COP(=O)(O)OC1C(O)C(O)C(O)C(O)C1O. The van der Waals surface area contributed by atoms with Gasteiger partial charge in [0.2, 0.25) is 0 Å². The van der Waals surface area contributed by atoms with Crippen molar-refractivity contribution in [2.45, 2.75) is 268 Å². The maximum atomic E-state index is 12.9. The van der Waals surface area contributed by atoms with Gasteiger partial charge in [0.15, 0.2) is 6.10 Å². The van der Waals surface area contributed by atoms with Crippen LogP contribution in [0.3, 0.4) is 0 Å². The van der Waals surface area contributed by atoms with Gasteiger partial charge in [-0.1, -0.05) is 210 Å². The lowest BCUT2D eigenvalue weighted by Crippen LogP contribution is -2.64. The third kappa shape index (κ3) is 35.0. The van der Waals surface area contributed by atoms with Crippen LogP contribution in [0.4, 0.5) is 0 Å². The maximum Gasteiger partial charge on any atom is 0.472 e. The van der Waals surface area contributed by atoms with Gasteiger partial charge in [0.25, 0.3) is 0 Å². The Balaban J connectivity index is 2.36. The van der Waals surface area contributed by atoms with Crippen LogP contribution in [-0.2, 0) is 32.7 Å². The van der Waals surface area contributed by atoms with Crippen molar-refractivity contribution >= 4 is 19.8 Å². The zero-order valence-corrected chi connectivity index (χ0v) is 43.3. The van der Waals surface area contributed by atoms with E-state index in [9.17, 15) is 44.6 Å². The molecule has 0 saturated heterocycles. The first-order valence-corrected chi connectivity index (χ1v) is 28.4. The molecular weight excluding hydrogens is 888 g/mol. The Morgan fingerprint density at radius 3 is 1.28 bits per heavy atom. The molecule has 0 aromatic carbocycles. The van der Waals surface area contributed by atoms with Gasteiger partial charge in [-0.25, -0.2) is 4.57 Å². The van der Waals surface area contributed by atoms with Crippen molar-refractivity contribution in [2.24, 2.45) is 0 Å². The number of aliphatic hydroxyl groups is 5. The first-order chi connectivity index (χ1) is 32.9. The van der Waals surface area contributed by atoms with Crippen molar-refractivity contribution in [1.29, 1.82) is 0 Å². The van der Waals surface area contributed by atoms with Gasteiger partial charge in [0, 0.05) is 12.8 Å². The van der Waals surface area contributed by atoms with Gasteiger partial charge < -0.3 is 39.9 Å². The Bertz CT molecular complexity index is 1370. The third-order valence-electron chi connectivity index (χ3n) is 12.4. The van der Waals surface area contributed by atoms with Crippen molar-refractivity contribution in [3.05, 3.63) is 48.6 Å². The Hall–Kier alpha value is -2.19. The molecule has 1 aliphatic carbocycles. The summed E-state index contributed by atoms with van der Waals surface area (Å²) in [7, 11) is -5.12. The maximum absolute atomic E-state index is 12.9. The summed E-state index contributed by atoms with van der Waals surface area (Å²) in [5.41, 5.74) is 0. The minimum atomic E-state index is -5.12. The van der Waals surface area contributed by atoms with Crippen LogP contribution in [0.2, 0.25) is 0 Å². The number of rotatable bonds is 45. The van der Waals surface area contributed by atoms with E-state index in [-0.39, 0.29) is 12.8 Å². The second-order valence-corrected chi connectivity index (χ2v) is 20.1. The van der Waals surface area contributed by atoms with E-state index < -0.39 is 75.7 Å². The standard InChI is InChI=1S/C54H97O13P/c1-3-5-7-9-11-13-15-17-19-21-22-23-24-25-26-27-29-31-33-35-37-39-41-43-48(56)66-46(45-65-68(62,63)67-54-52(60)50(58)49(57)51(59)53(54)61)44-64-47(55)42-40-38-36-34-32-30-28-20-18-16-14-12-10-8-6-4-2/h5,7,11,13,17,19,22-23,46,49-54,57-61H,3-4,6,8-10,12,14-16,18,20-21,24-45H2,1-2H3,(H,62,63)/b7-5-,13-11-,19-17-,23-22-. The predicted molar refractivity (Wildman–Crippen MR) is 272 cm³/mol. The van der Waals surface area contributed by atoms with Gasteiger partial charge in [-0.15, -0.1) is 0 Å². The number of hydrogen-bond acceptors (Lipinski definition) is 12. The van der Waals surface area contributed by atoms with E-state index in [1.54, 1.807) is 0 Å². The molecule has 0 heterocycles. The third-order valence-corrected chi connectivity index (χ3v) is 13.4. The molecule has 1 aliphatic rings. The van der Waals surface area contributed by atoms with Crippen molar-refractivity contribution in [3.63, 3.8) is 0 Å². The summed E-state index contributed by atoms with van der Waals surface area (Å²) in [6, 6.07) is 0. The first-order valence-electron chi connectivity index (χ1n) is 26.9. The molecule has 14 heteroatoms. The molecule has 0 aromatic rings. The molecule has 1 fully saturated rings. The van der Waals surface area contributed by atoms with Gasteiger partial charge in [-0.2, -0.15) is 0 Å².